The maximum Gasteiger partial charge on any atom is 0.248 e. The predicted molar refractivity (Wildman–Crippen MR) is 113 cm³/mol. The first-order chi connectivity index (χ1) is 14.2. The molecule has 2 fully saturated rings. The van der Waals surface area contributed by atoms with E-state index >= 15 is 0 Å². The number of benzene rings is 2. The number of hydrogen-bond acceptors (Lipinski definition) is 4. The molecule has 0 aromatic heterocycles. The van der Waals surface area contributed by atoms with Crippen LogP contribution in [0.5, 0.6) is 5.75 Å². The van der Waals surface area contributed by atoms with E-state index in [1.807, 2.05) is 17.0 Å². The third-order valence-corrected chi connectivity index (χ3v) is 6.43. The van der Waals surface area contributed by atoms with Crippen LogP contribution in [0.25, 0.3) is 0 Å². The molecule has 2 aromatic carbocycles. The molecule has 1 amide bonds. The monoisotopic (exact) mass is 394 g/mol. The molecule has 2 saturated heterocycles. The fourth-order valence-corrected chi connectivity index (χ4v) is 4.99. The lowest BCUT2D eigenvalue weighted by molar-refractivity contribution is -0.137. The second-order valence-corrected chi connectivity index (χ2v) is 8.09. The summed E-state index contributed by atoms with van der Waals surface area (Å²) >= 11 is 0. The second-order valence-electron chi connectivity index (χ2n) is 8.09. The van der Waals surface area contributed by atoms with Gasteiger partial charge in [-0.1, -0.05) is 42.5 Å². The van der Waals surface area contributed by atoms with Crippen LogP contribution in [0.1, 0.15) is 23.5 Å². The van der Waals surface area contributed by atoms with Gasteiger partial charge >= 0.3 is 0 Å². The maximum atomic E-state index is 12.5. The van der Waals surface area contributed by atoms with E-state index in [9.17, 15) is 4.79 Å². The van der Waals surface area contributed by atoms with Gasteiger partial charge in [-0.05, 0) is 29.7 Å². The Labute approximate surface area is 173 Å². The van der Waals surface area contributed by atoms with E-state index in [1.165, 1.54) is 11.1 Å². The molecule has 0 unspecified atom stereocenters. The molecule has 29 heavy (non-hydrogen) atoms. The summed E-state index contributed by atoms with van der Waals surface area (Å²) in [5, 5.41) is 0. The summed E-state index contributed by atoms with van der Waals surface area (Å²) in [4.78, 5) is 17.1. The molecule has 0 N–H and O–H groups in total. The van der Waals surface area contributed by atoms with E-state index in [4.69, 9.17) is 9.47 Å². The normalized spacial score (nSPS) is 24.3. The van der Waals surface area contributed by atoms with Crippen LogP contribution in [0.3, 0.4) is 0 Å². The number of piperidine rings is 1. The Morgan fingerprint density at radius 3 is 2.48 bits per heavy atom. The van der Waals surface area contributed by atoms with Crippen molar-refractivity contribution in [2.75, 3.05) is 40.5 Å². The largest absolute Gasteiger partial charge is 0.497 e. The van der Waals surface area contributed by atoms with Crippen molar-refractivity contribution in [3.05, 3.63) is 65.7 Å². The Bertz CT molecular complexity index is 809. The van der Waals surface area contributed by atoms with Gasteiger partial charge in [-0.15, -0.1) is 0 Å². The van der Waals surface area contributed by atoms with Gasteiger partial charge in [0.1, 0.15) is 12.4 Å². The van der Waals surface area contributed by atoms with Crippen molar-refractivity contribution in [3.8, 4) is 5.75 Å². The number of amides is 1. The Kier molecular flexibility index (Phi) is 6.16. The van der Waals surface area contributed by atoms with Gasteiger partial charge in [-0.3, -0.25) is 9.69 Å². The lowest BCUT2D eigenvalue weighted by Gasteiger charge is -2.39. The summed E-state index contributed by atoms with van der Waals surface area (Å²) in [6, 6.07) is 19.6. The zero-order valence-corrected chi connectivity index (χ0v) is 17.3. The van der Waals surface area contributed by atoms with Crippen molar-refractivity contribution >= 4 is 5.91 Å². The minimum absolute atomic E-state index is 0.0981. The quantitative estimate of drug-likeness (QED) is 0.755. The molecule has 2 aliphatic heterocycles. The van der Waals surface area contributed by atoms with E-state index in [0.29, 0.717) is 17.9 Å². The Morgan fingerprint density at radius 2 is 1.79 bits per heavy atom. The summed E-state index contributed by atoms with van der Waals surface area (Å²) in [5.41, 5.74) is 2.68. The van der Waals surface area contributed by atoms with Gasteiger partial charge < -0.3 is 14.4 Å². The predicted octanol–water partition coefficient (Wildman–Crippen LogP) is 3.16. The van der Waals surface area contributed by atoms with Crippen molar-refractivity contribution in [2.24, 2.45) is 5.92 Å². The molecule has 5 nitrogen and oxygen atoms in total. The lowest BCUT2D eigenvalue weighted by Crippen LogP contribution is -2.49. The Morgan fingerprint density at radius 1 is 1.03 bits per heavy atom. The minimum Gasteiger partial charge on any atom is -0.497 e. The number of carbonyl (C=O) groups is 1. The van der Waals surface area contributed by atoms with Crippen LogP contribution >= 0.6 is 0 Å². The van der Waals surface area contributed by atoms with Gasteiger partial charge in [-0.25, -0.2) is 0 Å². The fraction of sp³-hybridized carbons (Fsp3) is 0.458. The summed E-state index contributed by atoms with van der Waals surface area (Å²) in [6.45, 7) is 3.75. The van der Waals surface area contributed by atoms with Crippen LogP contribution in [0.4, 0.5) is 0 Å². The summed E-state index contributed by atoms with van der Waals surface area (Å²) < 4.78 is 10.4. The van der Waals surface area contributed by atoms with E-state index in [0.717, 1.165) is 38.3 Å². The van der Waals surface area contributed by atoms with E-state index in [-0.39, 0.29) is 12.5 Å². The molecule has 2 aromatic rings. The molecule has 2 aliphatic rings. The highest BCUT2D eigenvalue weighted by Crippen LogP contribution is 2.42. The molecule has 2 heterocycles. The molecule has 154 valence electrons. The molecule has 0 aliphatic carbocycles. The molecule has 3 atom stereocenters. The van der Waals surface area contributed by atoms with Crippen LogP contribution in [0, 0.1) is 5.92 Å². The average Bonchev–Trinajstić information content (AvgIpc) is 3.12. The first kappa shape index (κ1) is 19.9. The van der Waals surface area contributed by atoms with Gasteiger partial charge in [0.05, 0.1) is 7.11 Å². The number of ether oxygens (including phenoxy) is 2. The number of carbonyl (C=O) groups excluding carboxylic acids is 1. The highest BCUT2D eigenvalue weighted by molar-refractivity contribution is 5.77. The third-order valence-electron chi connectivity index (χ3n) is 6.43. The van der Waals surface area contributed by atoms with Gasteiger partial charge in [-0.2, -0.15) is 0 Å². The molecular weight excluding hydrogens is 364 g/mol. The molecule has 4 rings (SSSR count). The number of nitrogens with zero attached hydrogens (tertiary/aromatic N) is 2. The molecule has 0 radical (unpaired) electrons. The fourth-order valence-electron chi connectivity index (χ4n) is 4.99. The smallest absolute Gasteiger partial charge is 0.248 e. The lowest BCUT2D eigenvalue weighted by atomic mass is 9.81. The van der Waals surface area contributed by atoms with Gasteiger partial charge in [0.25, 0.3) is 0 Å². The highest BCUT2D eigenvalue weighted by atomic mass is 16.5. The number of rotatable bonds is 6. The van der Waals surface area contributed by atoms with E-state index < -0.39 is 0 Å². The summed E-state index contributed by atoms with van der Waals surface area (Å²) in [5.74, 6) is 1.82. The summed E-state index contributed by atoms with van der Waals surface area (Å²) in [7, 11) is 3.28. The number of methoxy groups -OCH3 is 2. The van der Waals surface area contributed by atoms with Gasteiger partial charge in [0.2, 0.25) is 5.91 Å². The Balaban J connectivity index is 1.57. The molecule has 5 heteroatoms. The van der Waals surface area contributed by atoms with Crippen LogP contribution < -0.4 is 4.74 Å². The van der Waals surface area contributed by atoms with Crippen LogP contribution in [-0.2, 0) is 16.1 Å². The Hall–Kier alpha value is -2.37. The van der Waals surface area contributed by atoms with Crippen LogP contribution in [0.15, 0.2) is 54.6 Å². The average molecular weight is 395 g/mol. The van der Waals surface area contributed by atoms with Crippen LogP contribution in [0.2, 0.25) is 0 Å². The minimum atomic E-state index is 0.0981. The molecule has 0 saturated carbocycles. The van der Waals surface area contributed by atoms with Gasteiger partial charge in [0, 0.05) is 51.2 Å². The van der Waals surface area contributed by atoms with E-state index in [1.54, 1.807) is 14.2 Å². The van der Waals surface area contributed by atoms with Gasteiger partial charge in [0.15, 0.2) is 0 Å². The standard InChI is InChI=1S/C24H30N2O3/c1-28-17-24(27)25-13-12-23-22(16-25)21(19-8-10-20(29-2)11-9-19)15-26(23)14-18-6-4-3-5-7-18/h3-11,21-23H,12-17H2,1-2H3/t21-,22-,23-/m1/s1. The maximum absolute atomic E-state index is 12.5. The van der Waals surface area contributed by atoms with Crippen molar-refractivity contribution < 1.29 is 14.3 Å². The zero-order chi connectivity index (χ0) is 20.2. The molecular formula is C24H30N2O3. The van der Waals surface area contributed by atoms with E-state index in [2.05, 4.69) is 47.4 Å². The summed E-state index contributed by atoms with van der Waals surface area (Å²) in [6.07, 6.45) is 1.01. The highest BCUT2D eigenvalue weighted by Gasteiger charge is 2.45. The molecule has 0 bridgehead atoms. The zero-order valence-electron chi connectivity index (χ0n) is 17.3. The first-order valence-corrected chi connectivity index (χ1v) is 10.4. The van der Waals surface area contributed by atoms with Crippen molar-refractivity contribution in [1.29, 1.82) is 0 Å². The second kappa shape index (κ2) is 8.97. The third kappa shape index (κ3) is 4.31. The van der Waals surface area contributed by atoms with Crippen molar-refractivity contribution in [2.45, 2.75) is 24.9 Å². The first-order valence-electron chi connectivity index (χ1n) is 10.4. The topological polar surface area (TPSA) is 42.0 Å². The SMILES string of the molecule is COCC(=O)N1CC[C@@H]2[C@H](C1)[C@@H](c1ccc(OC)cc1)CN2Cc1ccccc1. The van der Waals surface area contributed by atoms with Crippen molar-refractivity contribution in [3.63, 3.8) is 0 Å². The van der Waals surface area contributed by atoms with Crippen LogP contribution in [-0.4, -0.2) is 62.2 Å². The number of likely N-dealkylation sites (tertiary alicyclic amines) is 2. The number of hydrogen-bond donors (Lipinski definition) is 0. The number of fused-ring (bicyclic) bond motifs is 1. The van der Waals surface area contributed by atoms with Crippen molar-refractivity contribution in [1.82, 2.24) is 9.80 Å². The molecule has 0 spiro atoms.